The fraction of sp³-hybridized carbons (Fsp3) is 0.588. The van der Waals surface area contributed by atoms with E-state index in [1.165, 1.54) is 5.56 Å². The predicted octanol–water partition coefficient (Wildman–Crippen LogP) is 3.56. The van der Waals surface area contributed by atoms with E-state index in [9.17, 15) is 4.79 Å². The zero-order valence-corrected chi connectivity index (χ0v) is 13.4. The molecule has 1 saturated heterocycles. The quantitative estimate of drug-likeness (QED) is 0.836. The Morgan fingerprint density at radius 3 is 2.19 bits per heavy atom. The molecule has 0 N–H and O–H groups in total. The van der Waals surface area contributed by atoms with E-state index in [0.29, 0.717) is 13.1 Å². The summed E-state index contributed by atoms with van der Waals surface area (Å²) in [5.41, 5.74) is 0.433. The van der Waals surface area contributed by atoms with Crippen molar-refractivity contribution < 1.29 is 14.3 Å². The van der Waals surface area contributed by atoms with Crippen molar-refractivity contribution in [1.82, 2.24) is 4.90 Å². The highest BCUT2D eigenvalue weighted by molar-refractivity contribution is 5.68. The molecule has 1 amide bonds. The number of amides is 1. The summed E-state index contributed by atoms with van der Waals surface area (Å²) in [6.07, 6.45) is 1.33. The number of methoxy groups -OCH3 is 1. The first kappa shape index (κ1) is 15.8. The first-order chi connectivity index (χ1) is 9.86. The van der Waals surface area contributed by atoms with E-state index in [-0.39, 0.29) is 11.7 Å². The average Bonchev–Trinajstić information content (AvgIpc) is 2.46. The molecule has 1 aromatic rings. The molecule has 0 spiro atoms. The van der Waals surface area contributed by atoms with Crippen molar-refractivity contribution in [3.05, 3.63) is 35.9 Å². The normalized spacial score (nSPS) is 18.4. The third-order valence-corrected chi connectivity index (χ3v) is 3.91. The van der Waals surface area contributed by atoms with Crippen LogP contribution in [0, 0.1) is 0 Å². The predicted molar refractivity (Wildman–Crippen MR) is 82.2 cm³/mol. The maximum absolute atomic E-state index is 12.1. The maximum atomic E-state index is 12.1. The van der Waals surface area contributed by atoms with Crippen LogP contribution in [0.5, 0.6) is 0 Å². The molecule has 1 aliphatic heterocycles. The molecule has 1 fully saturated rings. The Hall–Kier alpha value is -1.55. The van der Waals surface area contributed by atoms with E-state index < -0.39 is 5.60 Å². The van der Waals surface area contributed by atoms with E-state index in [1.807, 2.05) is 39.0 Å². The molecule has 0 radical (unpaired) electrons. The SMILES string of the molecule is COC1(c2ccccc2)CCN(C(=O)OC(C)(C)C)CC1. The van der Waals surface area contributed by atoms with Gasteiger partial charge in [0.25, 0.3) is 0 Å². The first-order valence-corrected chi connectivity index (χ1v) is 7.45. The van der Waals surface area contributed by atoms with Gasteiger partial charge in [0.05, 0.1) is 5.60 Å². The Balaban J connectivity index is 2.03. The van der Waals surface area contributed by atoms with Gasteiger partial charge in [-0.25, -0.2) is 4.79 Å². The van der Waals surface area contributed by atoms with E-state index in [1.54, 1.807) is 12.0 Å². The fourth-order valence-corrected chi connectivity index (χ4v) is 2.73. The summed E-state index contributed by atoms with van der Waals surface area (Å²) in [5.74, 6) is 0. The lowest BCUT2D eigenvalue weighted by Crippen LogP contribution is -2.47. The number of piperidine rings is 1. The largest absolute Gasteiger partial charge is 0.444 e. The maximum Gasteiger partial charge on any atom is 0.410 e. The van der Waals surface area contributed by atoms with E-state index >= 15 is 0 Å². The van der Waals surface area contributed by atoms with Gasteiger partial charge in [-0.15, -0.1) is 0 Å². The minimum atomic E-state index is -0.452. The van der Waals surface area contributed by atoms with Gasteiger partial charge in [0, 0.05) is 20.2 Å². The Bertz CT molecular complexity index is 471. The van der Waals surface area contributed by atoms with Crippen LogP contribution in [0.4, 0.5) is 4.79 Å². The van der Waals surface area contributed by atoms with Crippen LogP contribution >= 0.6 is 0 Å². The summed E-state index contributed by atoms with van der Waals surface area (Å²) in [6.45, 7) is 6.96. The second-order valence-corrected chi connectivity index (χ2v) is 6.53. The van der Waals surface area contributed by atoms with Crippen LogP contribution in [-0.4, -0.2) is 36.8 Å². The molecule has 2 rings (SSSR count). The monoisotopic (exact) mass is 291 g/mol. The van der Waals surface area contributed by atoms with Gasteiger partial charge in [0.15, 0.2) is 0 Å². The number of hydrogen-bond acceptors (Lipinski definition) is 3. The topological polar surface area (TPSA) is 38.8 Å². The number of benzene rings is 1. The van der Waals surface area contributed by atoms with Crippen LogP contribution in [0.15, 0.2) is 30.3 Å². The third kappa shape index (κ3) is 3.76. The Kier molecular flexibility index (Phi) is 4.57. The van der Waals surface area contributed by atoms with E-state index in [4.69, 9.17) is 9.47 Å². The molecule has 21 heavy (non-hydrogen) atoms. The number of likely N-dealkylation sites (tertiary alicyclic amines) is 1. The van der Waals surface area contributed by atoms with Gasteiger partial charge in [0.1, 0.15) is 5.60 Å². The lowest BCUT2D eigenvalue weighted by atomic mass is 9.84. The summed E-state index contributed by atoms with van der Waals surface area (Å²) >= 11 is 0. The van der Waals surface area contributed by atoms with Gasteiger partial charge in [0.2, 0.25) is 0 Å². The van der Waals surface area contributed by atoms with Crippen LogP contribution in [-0.2, 0) is 15.1 Å². The molecular weight excluding hydrogens is 266 g/mol. The van der Waals surface area contributed by atoms with Crippen molar-refractivity contribution in [3.63, 3.8) is 0 Å². The molecule has 0 unspecified atom stereocenters. The van der Waals surface area contributed by atoms with Gasteiger partial charge >= 0.3 is 6.09 Å². The second kappa shape index (κ2) is 6.06. The third-order valence-electron chi connectivity index (χ3n) is 3.91. The molecule has 1 aliphatic rings. The van der Waals surface area contributed by atoms with Crippen molar-refractivity contribution >= 4 is 6.09 Å². The number of carbonyl (C=O) groups excluding carboxylic acids is 1. The van der Waals surface area contributed by atoms with Crippen LogP contribution in [0.3, 0.4) is 0 Å². The lowest BCUT2D eigenvalue weighted by molar-refractivity contribution is -0.0650. The summed E-state index contributed by atoms with van der Waals surface area (Å²) in [4.78, 5) is 13.9. The highest BCUT2D eigenvalue weighted by Gasteiger charge is 2.38. The van der Waals surface area contributed by atoms with Crippen LogP contribution in [0.1, 0.15) is 39.2 Å². The molecule has 0 saturated carbocycles. The summed E-state index contributed by atoms with van der Waals surface area (Å²) in [5, 5.41) is 0. The lowest BCUT2D eigenvalue weighted by Gasteiger charge is -2.41. The fourth-order valence-electron chi connectivity index (χ4n) is 2.73. The summed E-state index contributed by atoms with van der Waals surface area (Å²) < 4.78 is 11.2. The Morgan fingerprint density at radius 2 is 1.71 bits per heavy atom. The summed E-state index contributed by atoms with van der Waals surface area (Å²) in [7, 11) is 1.75. The van der Waals surface area contributed by atoms with Crippen LogP contribution < -0.4 is 0 Å². The molecule has 0 atom stereocenters. The Morgan fingerprint density at radius 1 is 1.14 bits per heavy atom. The first-order valence-electron chi connectivity index (χ1n) is 7.45. The average molecular weight is 291 g/mol. The van der Waals surface area contributed by atoms with Gasteiger partial charge in [-0.2, -0.15) is 0 Å². The molecule has 0 bridgehead atoms. The zero-order valence-electron chi connectivity index (χ0n) is 13.4. The van der Waals surface area contributed by atoms with Gasteiger partial charge in [-0.3, -0.25) is 0 Å². The zero-order chi connectivity index (χ0) is 15.5. The molecular formula is C17H25NO3. The molecule has 116 valence electrons. The summed E-state index contributed by atoms with van der Waals surface area (Å²) in [6, 6.07) is 10.2. The molecule has 4 heteroatoms. The molecule has 0 aromatic heterocycles. The highest BCUT2D eigenvalue weighted by atomic mass is 16.6. The smallest absolute Gasteiger partial charge is 0.410 e. The van der Waals surface area contributed by atoms with Crippen molar-refractivity contribution in [2.24, 2.45) is 0 Å². The van der Waals surface area contributed by atoms with Gasteiger partial charge in [-0.1, -0.05) is 30.3 Å². The van der Waals surface area contributed by atoms with E-state index in [2.05, 4.69) is 12.1 Å². The highest BCUT2D eigenvalue weighted by Crippen LogP contribution is 2.36. The van der Waals surface area contributed by atoms with Crippen molar-refractivity contribution in [2.45, 2.75) is 44.8 Å². The molecule has 1 aromatic carbocycles. The van der Waals surface area contributed by atoms with Crippen molar-refractivity contribution in [3.8, 4) is 0 Å². The number of hydrogen-bond donors (Lipinski definition) is 0. The van der Waals surface area contributed by atoms with Crippen LogP contribution in [0.25, 0.3) is 0 Å². The van der Waals surface area contributed by atoms with Gasteiger partial charge in [-0.05, 0) is 39.2 Å². The number of rotatable bonds is 2. The molecule has 4 nitrogen and oxygen atoms in total. The molecule has 0 aliphatic carbocycles. The number of ether oxygens (including phenoxy) is 2. The standard InChI is InChI=1S/C17H25NO3/c1-16(2,3)21-15(19)18-12-10-17(20-4,11-13-18)14-8-6-5-7-9-14/h5-9H,10-13H2,1-4H3. The minimum Gasteiger partial charge on any atom is -0.444 e. The minimum absolute atomic E-state index is 0.236. The Labute approximate surface area is 127 Å². The number of carbonyl (C=O) groups is 1. The van der Waals surface area contributed by atoms with E-state index in [0.717, 1.165) is 12.8 Å². The van der Waals surface area contributed by atoms with Crippen LogP contribution in [0.2, 0.25) is 0 Å². The second-order valence-electron chi connectivity index (χ2n) is 6.53. The molecule has 1 heterocycles. The van der Waals surface area contributed by atoms with Gasteiger partial charge < -0.3 is 14.4 Å². The van der Waals surface area contributed by atoms with Crippen molar-refractivity contribution in [2.75, 3.05) is 20.2 Å². The van der Waals surface area contributed by atoms with Crippen molar-refractivity contribution in [1.29, 1.82) is 0 Å². The number of nitrogens with zero attached hydrogens (tertiary/aromatic N) is 1.